The third kappa shape index (κ3) is 5.44. The first-order valence-electron chi connectivity index (χ1n) is 9.59. The lowest BCUT2D eigenvalue weighted by Gasteiger charge is -2.20. The van der Waals surface area contributed by atoms with E-state index in [9.17, 15) is 18.8 Å². The zero-order valence-corrected chi connectivity index (χ0v) is 17.7. The summed E-state index contributed by atoms with van der Waals surface area (Å²) >= 11 is 0. The highest BCUT2D eigenvalue weighted by molar-refractivity contribution is 5.97. The van der Waals surface area contributed by atoms with Crippen LogP contribution in [0.3, 0.4) is 0 Å². The van der Waals surface area contributed by atoms with Crippen LogP contribution in [0.1, 0.15) is 26.5 Å². The quantitative estimate of drug-likeness (QED) is 0.660. The highest BCUT2D eigenvalue weighted by Crippen LogP contribution is 2.24. The van der Waals surface area contributed by atoms with Crippen molar-refractivity contribution in [2.24, 2.45) is 0 Å². The van der Waals surface area contributed by atoms with Crippen molar-refractivity contribution in [3.05, 3.63) is 64.3 Å². The summed E-state index contributed by atoms with van der Waals surface area (Å²) in [4.78, 5) is 37.3. The fourth-order valence-corrected chi connectivity index (χ4v) is 2.98. The first kappa shape index (κ1) is 21.9. The van der Waals surface area contributed by atoms with Crippen LogP contribution in [0.4, 0.5) is 20.6 Å². The number of ether oxygens (including phenoxy) is 1. The average Bonchev–Trinajstić information content (AvgIpc) is 2.66. The Kier molecular flexibility index (Phi) is 6.05. The van der Waals surface area contributed by atoms with Crippen molar-refractivity contribution >= 4 is 34.1 Å². The van der Waals surface area contributed by atoms with Gasteiger partial charge in [-0.05, 0) is 52.0 Å². The summed E-state index contributed by atoms with van der Waals surface area (Å²) in [6, 6.07) is 10.5. The zero-order chi connectivity index (χ0) is 22.8. The van der Waals surface area contributed by atoms with E-state index in [1.165, 1.54) is 6.07 Å². The SMILES string of the molecule is Cc1nn(CC(=O)Nc2cc(F)ccc2NC(=O)OC(C)(C)C)c(=O)c2ccccc12. The molecule has 0 fully saturated rings. The molecule has 0 bridgehead atoms. The molecule has 0 aliphatic rings. The second kappa shape index (κ2) is 8.55. The minimum atomic E-state index is -0.752. The van der Waals surface area contributed by atoms with Gasteiger partial charge in [0.1, 0.15) is 18.0 Å². The predicted molar refractivity (Wildman–Crippen MR) is 116 cm³/mol. The number of benzene rings is 2. The smallest absolute Gasteiger partial charge is 0.412 e. The van der Waals surface area contributed by atoms with Gasteiger partial charge in [0.25, 0.3) is 5.56 Å². The van der Waals surface area contributed by atoms with E-state index in [4.69, 9.17) is 4.74 Å². The van der Waals surface area contributed by atoms with Crippen molar-refractivity contribution in [1.29, 1.82) is 0 Å². The average molecular weight is 426 g/mol. The molecule has 0 atom stereocenters. The van der Waals surface area contributed by atoms with E-state index in [2.05, 4.69) is 15.7 Å². The molecule has 8 nitrogen and oxygen atoms in total. The fourth-order valence-electron chi connectivity index (χ4n) is 2.98. The molecule has 0 aliphatic carbocycles. The highest BCUT2D eigenvalue weighted by Gasteiger charge is 2.18. The largest absolute Gasteiger partial charge is 0.444 e. The Morgan fingerprint density at radius 3 is 2.42 bits per heavy atom. The Labute approximate surface area is 178 Å². The summed E-state index contributed by atoms with van der Waals surface area (Å²) in [5.74, 6) is -1.22. The van der Waals surface area contributed by atoms with E-state index >= 15 is 0 Å². The fraction of sp³-hybridized carbons (Fsp3) is 0.273. The Morgan fingerprint density at radius 2 is 1.74 bits per heavy atom. The third-order valence-electron chi connectivity index (χ3n) is 4.24. The van der Waals surface area contributed by atoms with Crippen LogP contribution in [0.5, 0.6) is 0 Å². The Hall–Kier alpha value is -3.75. The molecular formula is C22H23FN4O4. The minimum absolute atomic E-state index is 0.0291. The third-order valence-corrected chi connectivity index (χ3v) is 4.24. The zero-order valence-electron chi connectivity index (χ0n) is 17.7. The van der Waals surface area contributed by atoms with Crippen molar-refractivity contribution in [3.8, 4) is 0 Å². The number of nitrogens with zero attached hydrogens (tertiary/aromatic N) is 2. The number of carbonyl (C=O) groups excluding carboxylic acids is 2. The van der Waals surface area contributed by atoms with Gasteiger partial charge in [-0.15, -0.1) is 0 Å². The lowest BCUT2D eigenvalue weighted by Crippen LogP contribution is -2.31. The van der Waals surface area contributed by atoms with Crippen LogP contribution in [0, 0.1) is 12.7 Å². The van der Waals surface area contributed by atoms with E-state index in [-0.39, 0.29) is 17.9 Å². The van der Waals surface area contributed by atoms with Gasteiger partial charge in [0.05, 0.1) is 22.5 Å². The van der Waals surface area contributed by atoms with E-state index in [0.29, 0.717) is 16.5 Å². The van der Waals surface area contributed by atoms with Crippen LogP contribution >= 0.6 is 0 Å². The van der Waals surface area contributed by atoms with Crippen molar-refractivity contribution < 1.29 is 18.7 Å². The molecule has 0 aliphatic heterocycles. The number of nitrogens with one attached hydrogen (secondary N) is 2. The second-order valence-corrected chi connectivity index (χ2v) is 7.96. The van der Waals surface area contributed by atoms with Crippen molar-refractivity contribution in [3.63, 3.8) is 0 Å². The molecule has 3 aromatic rings. The van der Waals surface area contributed by atoms with Gasteiger partial charge in [0.2, 0.25) is 5.91 Å². The van der Waals surface area contributed by atoms with Gasteiger partial charge < -0.3 is 10.1 Å². The Bertz CT molecular complexity index is 1210. The summed E-state index contributed by atoms with van der Waals surface area (Å²) in [6.07, 6.45) is -0.752. The first-order valence-corrected chi connectivity index (χ1v) is 9.59. The molecule has 9 heteroatoms. The van der Waals surface area contributed by atoms with E-state index in [1.54, 1.807) is 52.0 Å². The molecule has 0 spiro atoms. The molecule has 2 amide bonds. The van der Waals surface area contributed by atoms with Crippen LogP contribution in [0.25, 0.3) is 10.8 Å². The molecule has 0 unspecified atom stereocenters. The van der Waals surface area contributed by atoms with Crippen molar-refractivity contribution in [2.45, 2.75) is 39.8 Å². The maximum absolute atomic E-state index is 13.8. The summed E-state index contributed by atoms with van der Waals surface area (Å²) in [5, 5.41) is 10.3. The van der Waals surface area contributed by atoms with Gasteiger partial charge in [-0.2, -0.15) is 5.10 Å². The maximum Gasteiger partial charge on any atom is 0.412 e. The van der Waals surface area contributed by atoms with Gasteiger partial charge in [0.15, 0.2) is 0 Å². The summed E-state index contributed by atoms with van der Waals surface area (Å²) in [7, 11) is 0. The van der Waals surface area contributed by atoms with Crippen LogP contribution in [0.2, 0.25) is 0 Å². The Balaban J connectivity index is 1.82. The summed E-state index contributed by atoms with van der Waals surface area (Å²) in [5.41, 5.74) is -0.363. The lowest BCUT2D eigenvalue weighted by molar-refractivity contribution is -0.117. The summed E-state index contributed by atoms with van der Waals surface area (Å²) < 4.78 is 20.0. The van der Waals surface area contributed by atoms with Gasteiger partial charge >= 0.3 is 6.09 Å². The second-order valence-electron chi connectivity index (χ2n) is 7.96. The highest BCUT2D eigenvalue weighted by atomic mass is 19.1. The van der Waals surface area contributed by atoms with Crippen LogP contribution in [-0.4, -0.2) is 27.4 Å². The molecule has 0 radical (unpaired) electrons. The number of fused-ring (bicyclic) bond motifs is 1. The molecular weight excluding hydrogens is 403 g/mol. The number of halogens is 1. The maximum atomic E-state index is 13.8. The molecule has 31 heavy (non-hydrogen) atoms. The van der Waals surface area contributed by atoms with E-state index < -0.39 is 29.0 Å². The number of aromatic nitrogens is 2. The number of hydrogen-bond donors (Lipinski definition) is 2. The van der Waals surface area contributed by atoms with Crippen molar-refractivity contribution in [1.82, 2.24) is 9.78 Å². The van der Waals surface area contributed by atoms with E-state index in [1.807, 2.05) is 0 Å². The van der Waals surface area contributed by atoms with Crippen LogP contribution < -0.4 is 16.2 Å². The van der Waals surface area contributed by atoms with Gasteiger partial charge in [-0.3, -0.25) is 14.9 Å². The number of rotatable bonds is 4. The molecule has 1 heterocycles. The number of carbonyl (C=O) groups is 2. The van der Waals surface area contributed by atoms with Crippen LogP contribution in [-0.2, 0) is 16.1 Å². The molecule has 0 saturated carbocycles. The molecule has 3 rings (SSSR count). The Morgan fingerprint density at radius 1 is 1.06 bits per heavy atom. The van der Waals surface area contributed by atoms with Crippen molar-refractivity contribution in [2.75, 3.05) is 10.6 Å². The molecule has 162 valence electrons. The van der Waals surface area contributed by atoms with Crippen LogP contribution in [0.15, 0.2) is 47.3 Å². The van der Waals surface area contributed by atoms with Gasteiger partial charge in [0, 0.05) is 5.39 Å². The topological polar surface area (TPSA) is 102 Å². The monoisotopic (exact) mass is 426 g/mol. The first-order chi connectivity index (χ1) is 14.5. The molecule has 0 saturated heterocycles. The standard InChI is InChI=1S/C22H23FN4O4/c1-13-15-7-5-6-8-16(15)20(29)27(26-13)12-19(28)24-18-11-14(23)9-10-17(18)25-21(30)31-22(2,3)4/h5-11H,12H2,1-4H3,(H,24,28)(H,25,30). The molecule has 2 N–H and O–H groups in total. The van der Waals surface area contributed by atoms with Gasteiger partial charge in [-0.25, -0.2) is 13.9 Å². The number of amides is 2. The number of anilines is 2. The predicted octanol–water partition coefficient (Wildman–Crippen LogP) is 3.83. The summed E-state index contributed by atoms with van der Waals surface area (Å²) in [6.45, 7) is 6.47. The lowest BCUT2D eigenvalue weighted by atomic mass is 10.1. The number of aryl methyl sites for hydroxylation is 1. The van der Waals surface area contributed by atoms with Gasteiger partial charge in [-0.1, -0.05) is 18.2 Å². The van der Waals surface area contributed by atoms with E-state index in [0.717, 1.165) is 16.8 Å². The molecule has 1 aromatic heterocycles. The number of hydrogen-bond acceptors (Lipinski definition) is 5. The normalized spacial score (nSPS) is 11.3. The molecule has 2 aromatic carbocycles. The minimum Gasteiger partial charge on any atom is -0.444 e.